The number of aliphatic hydroxyl groups is 1. The van der Waals surface area contributed by atoms with Crippen molar-refractivity contribution < 1.29 is 9.84 Å². The lowest BCUT2D eigenvalue weighted by Gasteiger charge is -2.32. The first-order valence-corrected chi connectivity index (χ1v) is 8.55. The second-order valence-electron chi connectivity index (χ2n) is 6.50. The van der Waals surface area contributed by atoms with Gasteiger partial charge in [-0.3, -0.25) is 0 Å². The minimum Gasteiger partial charge on any atom is -0.393 e. The van der Waals surface area contributed by atoms with Gasteiger partial charge in [-0.1, -0.05) is 0 Å². The van der Waals surface area contributed by atoms with Crippen molar-refractivity contribution in [2.75, 3.05) is 43.1 Å². The quantitative estimate of drug-likeness (QED) is 0.893. The van der Waals surface area contributed by atoms with E-state index in [1.807, 2.05) is 12.1 Å². The van der Waals surface area contributed by atoms with Crippen LogP contribution in [0.4, 0.5) is 11.4 Å². The molecule has 2 N–H and O–H groups in total. The third kappa shape index (κ3) is 4.15. The number of ether oxygens (including phenoxy) is 1. The summed E-state index contributed by atoms with van der Waals surface area (Å²) in [6, 6.07) is 8.35. The zero-order valence-electron chi connectivity index (χ0n) is 13.5. The smallest absolute Gasteiger partial charge is 0.101 e. The number of nitrogens with zero attached hydrogens (tertiary/aromatic N) is 2. The molecule has 2 heterocycles. The molecule has 5 heteroatoms. The lowest BCUT2D eigenvalue weighted by Crippen LogP contribution is -2.36. The van der Waals surface area contributed by atoms with Gasteiger partial charge in [0, 0.05) is 38.5 Å². The summed E-state index contributed by atoms with van der Waals surface area (Å²) in [5, 5.41) is 22.6. The molecule has 0 atom stereocenters. The number of benzene rings is 1. The summed E-state index contributed by atoms with van der Waals surface area (Å²) in [6.07, 6.45) is 3.55. The van der Waals surface area contributed by atoms with E-state index < -0.39 is 0 Å². The van der Waals surface area contributed by atoms with Crippen LogP contribution in [0.5, 0.6) is 0 Å². The van der Waals surface area contributed by atoms with E-state index in [0.29, 0.717) is 11.5 Å². The molecule has 0 bridgehead atoms. The summed E-state index contributed by atoms with van der Waals surface area (Å²) < 4.78 is 5.38. The Morgan fingerprint density at radius 2 is 1.96 bits per heavy atom. The number of nitrogens with one attached hydrogen (secondary N) is 1. The van der Waals surface area contributed by atoms with Gasteiger partial charge in [0.25, 0.3) is 0 Å². The lowest BCUT2D eigenvalue weighted by molar-refractivity contribution is 0.0699. The molecular weight excluding hydrogens is 290 g/mol. The predicted molar refractivity (Wildman–Crippen MR) is 90.6 cm³/mol. The third-order valence-corrected chi connectivity index (χ3v) is 4.86. The fourth-order valence-corrected chi connectivity index (χ4v) is 3.33. The van der Waals surface area contributed by atoms with Crippen LogP contribution in [-0.4, -0.2) is 44.1 Å². The van der Waals surface area contributed by atoms with E-state index >= 15 is 0 Å². The molecule has 0 aliphatic carbocycles. The van der Waals surface area contributed by atoms with E-state index in [1.165, 1.54) is 0 Å². The molecular formula is C18H25N3O2. The van der Waals surface area contributed by atoms with Crippen LogP contribution in [0.3, 0.4) is 0 Å². The molecule has 0 spiro atoms. The molecule has 124 valence electrons. The average Bonchev–Trinajstić information content (AvgIpc) is 2.61. The number of rotatable bonds is 4. The van der Waals surface area contributed by atoms with E-state index in [9.17, 15) is 10.4 Å². The first-order valence-electron chi connectivity index (χ1n) is 8.55. The van der Waals surface area contributed by atoms with Gasteiger partial charge < -0.3 is 20.1 Å². The monoisotopic (exact) mass is 315 g/mol. The molecule has 23 heavy (non-hydrogen) atoms. The Morgan fingerprint density at radius 1 is 1.22 bits per heavy atom. The summed E-state index contributed by atoms with van der Waals surface area (Å²) in [5.74, 6) is 0.651. The highest BCUT2D eigenvalue weighted by molar-refractivity contribution is 5.65. The van der Waals surface area contributed by atoms with Gasteiger partial charge in [0.05, 0.1) is 17.4 Å². The molecule has 0 radical (unpaired) electrons. The van der Waals surface area contributed by atoms with Gasteiger partial charge in [-0.05, 0) is 49.8 Å². The topological polar surface area (TPSA) is 68.5 Å². The molecule has 2 aliphatic heterocycles. The first kappa shape index (κ1) is 16.1. The maximum Gasteiger partial charge on any atom is 0.101 e. The van der Waals surface area contributed by atoms with Crippen LogP contribution < -0.4 is 10.2 Å². The minimum atomic E-state index is -0.197. The van der Waals surface area contributed by atoms with Crippen LogP contribution in [0.1, 0.15) is 31.2 Å². The largest absolute Gasteiger partial charge is 0.393 e. The highest BCUT2D eigenvalue weighted by Crippen LogP contribution is 2.27. The van der Waals surface area contributed by atoms with Crippen molar-refractivity contribution in [2.45, 2.75) is 31.8 Å². The molecule has 2 fully saturated rings. The van der Waals surface area contributed by atoms with Crippen molar-refractivity contribution in [3.05, 3.63) is 23.8 Å². The van der Waals surface area contributed by atoms with Gasteiger partial charge >= 0.3 is 0 Å². The summed E-state index contributed by atoms with van der Waals surface area (Å²) in [4.78, 5) is 2.20. The molecule has 2 saturated heterocycles. The molecule has 0 unspecified atom stereocenters. The van der Waals surface area contributed by atoms with Gasteiger partial charge in [0.2, 0.25) is 0 Å². The molecule has 3 rings (SSSR count). The number of hydrogen-bond donors (Lipinski definition) is 2. The first-order chi connectivity index (χ1) is 11.3. The Morgan fingerprint density at radius 3 is 2.65 bits per heavy atom. The normalized spacial score (nSPS) is 20.3. The Labute approximate surface area is 137 Å². The fourth-order valence-electron chi connectivity index (χ4n) is 3.33. The van der Waals surface area contributed by atoms with E-state index in [0.717, 1.165) is 69.9 Å². The van der Waals surface area contributed by atoms with Crippen molar-refractivity contribution in [1.82, 2.24) is 0 Å². The highest BCUT2D eigenvalue weighted by atomic mass is 16.5. The standard InChI is InChI=1S/C18H25N3O2/c19-12-15-11-16(20-13-14-5-9-23-10-6-14)1-2-18(15)21-7-3-17(22)4-8-21/h1-2,11,14,17,20,22H,3-10,13H2. The van der Waals surface area contributed by atoms with Crippen molar-refractivity contribution in [1.29, 1.82) is 5.26 Å². The number of nitriles is 1. The van der Waals surface area contributed by atoms with Gasteiger partial charge in [-0.15, -0.1) is 0 Å². The van der Waals surface area contributed by atoms with E-state index in [2.05, 4.69) is 22.4 Å². The Balaban J connectivity index is 1.63. The van der Waals surface area contributed by atoms with Crippen LogP contribution in [0.25, 0.3) is 0 Å². The van der Waals surface area contributed by atoms with E-state index in [-0.39, 0.29) is 6.10 Å². The Hall–Kier alpha value is -1.77. The number of anilines is 2. The number of aliphatic hydroxyl groups excluding tert-OH is 1. The van der Waals surface area contributed by atoms with Crippen LogP contribution >= 0.6 is 0 Å². The van der Waals surface area contributed by atoms with Crippen LogP contribution in [0, 0.1) is 17.2 Å². The zero-order chi connectivity index (χ0) is 16.1. The summed E-state index contributed by atoms with van der Waals surface area (Å²) >= 11 is 0. The zero-order valence-corrected chi connectivity index (χ0v) is 13.5. The van der Waals surface area contributed by atoms with Gasteiger partial charge in [0.15, 0.2) is 0 Å². The molecule has 1 aromatic rings. The van der Waals surface area contributed by atoms with E-state index in [4.69, 9.17) is 4.74 Å². The second-order valence-corrected chi connectivity index (χ2v) is 6.50. The van der Waals surface area contributed by atoms with Crippen molar-refractivity contribution in [2.24, 2.45) is 5.92 Å². The Bertz CT molecular complexity index is 556. The van der Waals surface area contributed by atoms with Crippen molar-refractivity contribution >= 4 is 11.4 Å². The predicted octanol–water partition coefficient (Wildman–Crippen LogP) is 2.36. The van der Waals surface area contributed by atoms with E-state index in [1.54, 1.807) is 0 Å². The minimum absolute atomic E-state index is 0.197. The summed E-state index contributed by atoms with van der Waals surface area (Å²) in [7, 11) is 0. The second kappa shape index (κ2) is 7.67. The van der Waals surface area contributed by atoms with Crippen molar-refractivity contribution in [3.63, 3.8) is 0 Å². The van der Waals surface area contributed by atoms with Gasteiger partial charge in [-0.25, -0.2) is 0 Å². The van der Waals surface area contributed by atoms with Gasteiger partial charge in [-0.2, -0.15) is 5.26 Å². The van der Waals surface area contributed by atoms with Crippen LogP contribution in [-0.2, 0) is 4.74 Å². The SMILES string of the molecule is N#Cc1cc(NCC2CCOCC2)ccc1N1CCC(O)CC1. The summed E-state index contributed by atoms with van der Waals surface area (Å²) in [6.45, 7) is 4.27. The maximum atomic E-state index is 9.63. The van der Waals surface area contributed by atoms with Crippen LogP contribution in [0.15, 0.2) is 18.2 Å². The number of hydrogen-bond acceptors (Lipinski definition) is 5. The number of piperidine rings is 1. The average molecular weight is 315 g/mol. The Kier molecular flexibility index (Phi) is 5.37. The fraction of sp³-hybridized carbons (Fsp3) is 0.611. The van der Waals surface area contributed by atoms with Gasteiger partial charge in [0.1, 0.15) is 6.07 Å². The van der Waals surface area contributed by atoms with Crippen molar-refractivity contribution in [3.8, 4) is 6.07 Å². The van der Waals surface area contributed by atoms with Crippen LogP contribution in [0.2, 0.25) is 0 Å². The summed E-state index contributed by atoms with van der Waals surface area (Å²) in [5.41, 5.74) is 2.70. The molecule has 0 saturated carbocycles. The maximum absolute atomic E-state index is 9.63. The highest BCUT2D eigenvalue weighted by Gasteiger charge is 2.20. The molecule has 0 amide bonds. The molecule has 0 aromatic heterocycles. The molecule has 2 aliphatic rings. The lowest BCUT2D eigenvalue weighted by atomic mass is 10.00. The molecule has 1 aromatic carbocycles. The molecule has 5 nitrogen and oxygen atoms in total. The third-order valence-electron chi connectivity index (χ3n) is 4.86.